The van der Waals surface area contributed by atoms with Crippen LogP contribution in [-0.4, -0.2) is 59.2 Å². The highest BCUT2D eigenvalue weighted by Gasteiger charge is 2.27. The maximum absolute atomic E-state index is 12.6. The number of amides is 1. The van der Waals surface area contributed by atoms with Crippen LogP contribution in [0.3, 0.4) is 0 Å². The van der Waals surface area contributed by atoms with Gasteiger partial charge >= 0.3 is 0 Å². The van der Waals surface area contributed by atoms with Crippen molar-refractivity contribution in [2.45, 2.75) is 19.5 Å². The molecular weight excluding hydrogens is 392 g/mol. The van der Waals surface area contributed by atoms with E-state index in [4.69, 9.17) is 9.47 Å². The molecule has 10 heteroatoms. The number of thioether (sulfide) groups is 1. The van der Waals surface area contributed by atoms with Gasteiger partial charge in [-0.1, -0.05) is 0 Å². The van der Waals surface area contributed by atoms with Gasteiger partial charge in [-0.3, -0.25) is 14.9 Å². The summed E-state index contributed by atoms with van der Waals surface area (Å²) in [5.41, 5.74) is 0.225. The molecule has 1 unspecified atom stereocenters. The Bertz CT molecular complexity index is 870. The van der Waals surface area contributed by atoms with Crippen molar-refractivity contribution in [1.29, 1.82) is 0 Å². The summed E-state index contributed by atoms with van der Waals surface area (Å²) in [6.45, 7) is 2.69. The van der Waals surface area contributed by atoms with Crippen molar-refractivity contribution in [3.05, 3.63) is 28.3 Å². The van der Waals surface area contributed by atoms with Gasteiger partial charge in [0.2, 0.25) is 5.91 Å². The van der Waals surface area contributed by atoms with E-state index in [0.29, 0.717) is 34.8 Å². The Kier molecular flexibility index (Phi) is 7.34. The van der Waals surface area contributed by atoms with Crippen LogP contribution in [0.5, 0.6) is 11.5 Å². The lowest BCUT2D eigenvalue weighted by Gasteiger charge is -2.23. The molecule has 2 heterocycles. The van der Waals surface area contributed by atoms with Crippen molar-refractivity contribution in [2.75, 3.05) is 32.4 Å². The van der Waals surface area contributed by atoms with Crippen molar-refractivity contribution in [1.82, 2.24) is 20.2 Å². The van der Waals surface area contributed by atoms with Crippen LogP contribution < -0.4 is 20.3 Å². The molecule has 0 bridgehead atoms. The van der Waals surface area contributed by atoms with Gasteiger partial charge in [-0.25, -0.2) is 4.98 Å². The number of ether oxygens (including phenoxy) is 2. The molecule has 2 N–H and O–H groups in total. The molecule has 0 spiro atoms. The van der Waals surface area contributed by atoms with Crippen LogP contribution in [0, 0.1) is 0 Å². The second-order valence-corrected chi connectivity index (χ2v) is 6.89. The van der Waals surface area contributed by atoms with Gasteiger partial charge in [0.15, 0.2) is 11.5 Å². The van der Waals surface area contributed by atoms with Crippen molar-refractivity contribution in [3.63, 3.8) is 0 Å². The molecular formula is C17H23ClN4O4S. The highest BCUT2D eigenvalue weighted by molar-refractivity contribution is 7.99. The lowest BCUT2D eigenvalue weighted by Crippen LogP contribution is -2.44. The first-order chi connectivity index (χ1) is 12.6. The fourth-order valence-corrected chi connectivity index (χ4v) is 3.82. The number of nitrogens with zero attached hydrogens (tertiary/aromatic N) is 2. The SMILES string of the molecule is CCN(Cc1nc2cc(OC)c(OC)cc2c(=O)[nH]1)C(=O)C1CSCN1.Cl. The zero-order valence-electron chi connectivity index (χ0n) is 15.4. The van der Waals surface area contributed by atoms with Crippen molar-refractivity contribution in [2.24, 2.45) is 0 Å². The van der Waals surface area contributed by atoms with Gasteiger partial charge in [0.05, 0.1) is 37.7 Å². The molecule has 0 aliphatic carbocycles. The van der Waals surface area contributed by atoms with Crippen LogP contribution in [0.4, 0.5) is 0 Å². The number of aromatic amines is 1. The fraction of sp³-hybridized carbons (Fsp3) is 0.471. The second-order valence-electron chi connectivity index (χ2n) is 5.86. The van der Waals surface area contributed by atoms with Crippen LogP contribution in [0.25, 0.3) is 10.9 Å². The van der Waals surface area contributed by atoms with Crippen LogP contribution in [0.1, 0.15) is 12.7 Å². The molecule has 1 amide bonds. The molecule has 8 nitrogen and oxygen atoms in total. The average molecular weight is 415 g/mol. The minimum absolute atomic E-state index is 0. The first-order valence-corrected chi connectivity index (χ1v) is 9.47. The predicted octanol–water partition coefficient (Wildman–Crippen LogP) is 1.37. The number of hydrogen-bond donors (Lipinski definition) is 2. The Hall–Kier alpha value is -1.97. The summed E-state index contributed by atoms with van der Waals surface area (Å²) in [6, 6.07) is 3.09. The molecule has 1 aliphatic rings. The molecule has 1 aliphatic heterocycles. The number of rotatable bonds is 6. The molecule has 148 valence electrons. The number of aromatic nitrogens is 2. The van der Waals surface area contributed by atoms with E-state index in [1.807, 2.05) is 6.92 Å². The highest BCUT2D eigenvalue weighted by atomic mass is 35.5. The zero-order valence-corrected chi connectivity index (χ0v) is 17.0. The molecule has 1 aromatic carbocycles. The van der Waals surface area contributed by atoms with Gasteiger partial charge in [-0.15, -0.1) is 24.2 Å². The Morgan fingerprint density at radius 2 is 2.04 bits per heavy atom. The largest absolute Gasteiger partial charge is 0.493 e. The summed E-state index contributed by atoms with van der Waals surface area (Å²) in [6.07, 6.45) is 0. The van der Waals surface area contributed by atoms with E-state index in [9.17, 15) is 9.59 Å². The fourth-order valence-electron chi connectivity index (χ4n) is 2.89. The van der Waals surface area contributed by atoms with Gasteiger partial charge < -0.3 is 19.4 Å². The number of likely N-dealkylation sites (N-methyl/N-ethyl adjacent to an activating group) is 1. The monoisotopic (exact) mass is 414 g/mol. The molecule has 1 atom stereocenters. The van der Waals surface area contributed by atoms with E-state index >= 15 is 0 Å². The number of halogens is 1. The van der Waals surface area contributed by atoms with Gasteiger partial charge in [0, 0.05) is 24.2 Å². The van der Waals surface area contributed by atoms with Crippen LogP contribution in [0.2, 0.25) is 0 Å². The van der Waals surface area contributed by atoms with Crippen molar-refractivity contribution in [3.8, 4) is 11.5 Å². The third-order valence-corrected chi connectivity index (χ3v) is 5.25. The number of H-pyrrole nitrogens is 1. The molecule has 1 saturated heterocycles. The molecule has 3 rings (SSSR count). The maximum atomic E-state index is 12.6. The maximum Gasteiger partial charge on any atom is 0.258 e. The molecule has 0 saturated carbocycles. The first-order valence-electron chi connectivity index (χ1n) is 8.32. The number of hydrogen-bond acceptors (Lipinski definition) is 7. The van der Waals surface area contributed by atoms with Gasteiger partial charge in [0.1, 0.15) is 5.82 Å². The second kappa shape index (κ2) is 9.29. The number of carbonyl (C=O) groups is 1. The molecule has 27 heavy (non-hydrogen) atoms. The predicted molar refractivity (Wildman–Crippen MR) is 108 cm³/mol. The average Bonchev–Trinajstić information content (AvgIpc) is 3.19. The van der Waals surface area contributed by atoms with Crippen molar-refractivity contribution >= 4 is 41.0 Å². The zero-order chi connectivity index (χ0) is 18.7. The summed E-state index contributed by atoms with van der Waals surface area (Å²) in [7, 11) is 3.04. The molecule has 1 fully saturated rings. The third-order valence-electron chi connectivity index (χ3n) is 4.31. The smallest absolute Gasteiger partial charge is 0.258 e. The first kappa shape index (κ1) is 21.3. The summed E-state index contributed by atoms with van der Waals surface area (Å²) in [4.78, 5) is 34.0. The number of carbonyl (C=O) groups excluding carboxylic acids is 1. The number of nitrogens with one attached hydrogen (secondary N) is 2. The van der Waals surface area contributed by atoms with Crippen LogP contribution in [0.15, 0.2) is 16.9 Å². The van der Waals surface area contributed by atoms with E-state index in [-0.39, 0.29) is 36.5 Å². The lowest BCUT2D eigenvalue weighted by atomic mass is 10.2. The summed E-state index contributed by atoms with van der Waals surface area (Å²) >= 11 is 1.70. The Morgan fingerprint density at radius 3 is 2.63 bits per heavy atom. The molecule has 0 radical (unpaired) electrons. The Morgan fingerprint density at radius 1 is 1.33 bits per heavy atom. The summed E-state index contributed by atoms with van der Waals surface area (Å²) < 4.78 is 10.5. The Balaban J connectivity index is 0.00000261. The number of fused-ring (bicyclic) bond motifs is 1. The normalized spacial score (nSPS) is 16.0. The molecule has 1 aromatic heterocycles. The third kappa shape index (κ3) is 4.48. The molecule has 2 aromatic rings. The standard InChI is InChI=1S/C17H22N4O4S.ClH/c1-4-21(17(23)12-8-26-9-18-12)7-15-19-11-6-14(25-3)13(24-2)5-10(11)16(22)20-15;/h5-6,12,18H,4,7-9H2,1-3H3,(H,19,20,22);1H. The van der Waals surface area contributed by atoms with Crippen LogP contribution >= 0.6 is 24.2 Å². The van der Waals surface area contributed by atoms with E-state index < -0.39 is 0 Å². The van der Waals surface area contributed by atoms with Crippen LogP contribution in [-0.2, 0) is 11.3 Å². The number of methoxy groups -OCH3 is 2. The number of benzene rings is 1. The topological polar surface area (TPSA) is 96.6 Å². The van der Waals surface area contributed by atoms with E-state index in [1.54, 1.807) is 28.8 Å². The van der Waals surface area contributed by atoms with Gasteiger partial charge in [-0.05, 0) is 13.0 Å². The highest BCUT2D eigenvalue weighted by Crippen LogP contribution is 2.30. The van der Waals surface area contributed by atoms with E-state index in [0.717, 1.165) is 11.6 Å². The van der Waals surface area contributed by atoms with E-state index in [1.165, 1.54) is 14.2 Å². The summed E-state index contributed by atoms with van der Waals surface area (Å²) in [5.74, 6) is 2.97. The quantitative estimate of drug-likeness (QED) is 0.736. The van der Waals surface area contributed by atoms with Gasteiger partial charge in [0.25, 0.3) is 5.56 Å². The minimum Gasteiger partial charge on any atom is -0.493 e. The lowest BCUT2D eigenvalue weighted by molar-refractivity contribution is -0.133. The van der Waals surface area contributed by atoms with E-state index in [2.05, 4.69) is 15.3 Å². The Labute approximate surface area is 167 Å². The summed E-state index contributed by atoms with van der Waals surface area (Å²) in [5, 5.41) is 3.59. The minimum atomic E-state index is -0.274. The van der Waals surface area contributed by atoms with Crippen molar-refractivity contribution < 1.29 is 14.3 Å². The van der Waals surface area contributed by atoms with Gasteiger partial charge in [-0.2, -0.15) is 0 Å².